The van der Waals surface area contributed by atoms with Crippen molar-refractivity contribution in [2.24, 2.45) is 0 Å². The van der Waals surface area contributed by atoms with Crippen molar-refractivity contribution >= 4 is 33.5 Å². The molecule has 0 fully saturated rings. The van der Waals surface area contributed by atoms with E-state index in [9.17, 15) is 18.0 Å². The highest BCUT2D eigenvalue weighted by Gasteiger charge is 2.32. The minimum absolute atomic E-state index is 0.0798. The summed E-state index contributed by atoms with van der Waals surface area (Å²) >= 11 is 4.14. The van der Waals surface area contributed by atoms with Crippen LogP contribution in [0.4, 0.5) is 13.2 Å². The maximum absolute atomic E-state index is 12.2. The summed E-state index contributed by atoms with van der Waals surface area (Å²) in [7, 11) is 0. The molecule has 0 bridgehead atoms. The Bertz CT molecular complexity index is 435. The molecule has 0 unspecified atom stereocenters. The van der Waals surface area contributed by atoms with Crippen molar-refractivity contribution in [3.8, 4) is 5.75 Å². The standard InChI is InChI=1S/C11H10BrF3O2S/c1-18-10-7(5-8(16)6-12)3-2-4-9(10)17-11(13,14)15/h2-4H,5-6H2,1H3. The van der Waals surface area contributed by atoms with Gasteiger partial charge in [0, 0.05) is 6.42 Å². The molecule has 0 aliphatic rings. The molecule has 0 aromatic heterocycles. The number of halogens is 4. The van der Waals surface area contributed by atoms with Gasteiger partial charge in [-0.3, -0.25) is 4.79 Å². The van der Waals surface area contributed by atoms with Crippen molar-refractivity contribution in [3.05, 3.63) is 23.8 Å². The van der Waals surface area contributed by atoms with Crippen LogP contribution in [0.3, 0.4) is 0 Å². The number of thioether (sulfide) groups is 1. The predicted molar refractivity (Wildman–Crippen MR) is 67.4 cm³/mol. The third-order valence-corrected chi connectivity index (χ3v) is 3.52. The van der Waals surface area contributed by atoms with Gasteiger partial charge in [-0.1, -0.05) is 28.1 Å². The molecule has 0 saturated heterocycles. The minimum atomic E-state index is -4.73. The number of hydrogen-bond donors (Lipinski definition) is 0. The average Bonchev–Trinajstić information content (AvgIpc) is 2.27. The van der Waals surface area contributed by atoms with Gasteiger partial charge < -0.3 is 4.74 Å². The zero-order valence-corrected chi connectivity index (χ0v) is 11.8. The van der Waals surface area contributed by atoms with Crippen LogP contribution in [0, 0.1) is 0 Å². The second kappa shape index (κ2) is 6.47. The van der Waals surface area contributed by atoms with Gasteiger partial charge in [0.15, 0.2) is 0 Å². The highest BCUT2D eigenvalue weighted by Crippen LogP contribution is 2.35. The highest BCUT2D eigenvalue weighted by molar-refractivity contribution is 9.09. The summed E-state index contributed by atoms with van der Waals surface area (Å²) in [4.78, 5) is 11.7. The highest BCUT2D eigenvalue weighted by atomic mass is 79.9. The fraction of sp³-hybridized carbons (Fsp3) is 0.364. The molecule has 0 N–H and O–H groups in total. The zero-order chi connectivity index (χ0) is 13.8. The van der Waals surface area contributed by atoms with Crippen molar-refractivity contribution in [1.82, 2.24) is 0 Å². The van der Waals surface area contributed by atoms with Gasteiger partial charge in [-0.05, 0) is 17.9 Å². The van der Waals surface area contributed by atoms with E-state index in [4.69, 9.17) is 0 Å². The first-order valence-corrected chi connectivity index (χ1v) is 7.21. The SMILES string of the molecule is CSc1c(CC(=O)CBr)cccc1OC(F)(F)F. The molecule has 0 radical (unpaired) electrons. The lowest BCUT2D eigenvalue weighted by atomic mass is 10.1. The van der Waals surface area contributed by atoms with Crippen LogP contribution in [-0.4, -0.2) is 23.7 Å². The predicted octanol–water partition coefficient (Wildman–Crippen LogP) is 3.81. The first-order chi connectivity index (χ1) is 8.37. The van der Waals surface area contributed by atoms with E-state index in [2.05, 4.69) is 20.7 Å². The number of ether oxygens (including phenoxy) is 1. The molecule has 7 heteroatoms. The van der Waals surface area contributed by atoms with E-state index in [-0.39, 0.29) is 23.3 Å². The molecule has 0 aliphatic heterocycles. The van der Waals surface area contributed by atoms with Crippen molar-refractivity contribution in [3.63, 3.8) is 0 Å². The van der Waals surface area contributed by atoms with Crippen molar-refractivity contribution < 1.29 is 22.7 Å². The van der Waals surface area contributed by atoms with Crippen LogP contribution in [0.15, 0.2) is 23.1 Å². The molecular weight excluding hydrogens is 333 g/mol. The third kappa shape index (κ3) is 4.53. The van der Waals surface area contributed by atoms with E-state index in [1.807, 2.05) is 0 Å². The number of carbonyl (C=O) groups is 1. The molecular formula is C11H10BrF3O2S. The Balaban J connectivity index is 3.06. The number of rotatable bonds is 5. The monoisotopic (exact) mass is 342 g/mol. The topological polar surface area (TPSA) is 26.3 Å². The summed E-state index contributed by atoms with van der Waals surface area (Å²) in [5.74, 6) is -0.371. The minimum Gasteiger partial charge on any atom is -0.405 e. The van der Waals surface area contributed by atoms with Crippen molar-refractivity contribution in [2.45, 2.75) is 17.7 Å². The molecule has 1 rings (SSSR count). The molecule has 18 heavy (non-hydrogen) atoms. The lowest BCUT2D eigenvalue weighted by molar-refractivity contribution is -0.275. The van der Waals surface area contributed by atoms with Crippen molar-refractivity contribution in [2.75, 3.05) is 11.6 Å². The first kappa shape index (κ1) is 15.4. The molecule has 0 heterocycles. The second-order valence-electron chi connectivity index (χ2n) is 3.35. The van der Waals surface area contributed by atoms with E-state index in [1.165, 1.54) is 12.1 Å². The number of alkyl halides is 4. The summed E-state index contributed by atoms with van der Waals surface area (Å²) in [5, 5.41) is 0.172. The summed E-state index contributed by atoms with van der Waals surface area (Å²) in [6.07, 6.45) is -3.01. The summed E-state index contributed by atoms with van der Waals surface area (Å²) in [6, 6.07) is 4.30. The number of benzene rings is 1. The van der Waals surface area contributed by atoms with Gasteiger partial charge in [0.05, 0.1) is 10.2 Å². The maximum atomic E-state index is 12.2. The van der Waals surface area contributed by atoms with Crippen LogP contribution in [0.5, 0.6) is 5.75 Å². The normalized spacial score (nSPS) is 11.4. The largest absolute Gasteiger partial charge is 0.573 e. The average molecular weight is 343 g/mol. The van der Waals surface area contributed by atoms with E-state index < -0.39 is 6.36 Å². The quantitative estimate of drug-likeness (QED) is 0.601. The Morgan fingerprint density at radius 2 is 2.11 bits per heavy atom. The molecule has 0 atom stereocenters. The van der Waals surface area contributed by atoms with Crippen LogP contribution in [0.1, 0.15) is 5.56 Å². The number of Topliss-reactive ketones (excluding diaryl/α,β-unsaturated/α-hetero) is 1. The van der Waals surface area contributed by atoms with Gasteiger partial charge in [-0.15, -0.1) is 24.9 Å². The van der Waals surface area contributed by atoms with Crippen LogP contribution in [0.2, 0.25) is 0 Å². The van der Waals surface area contributed by atoms with Crippen LogP contribution in [-0.2, 0) is 11.2 Å². The Labute approximate surface area is 115 Å². The zero-order valence-electron chi connectivity index (χ0n) is 9.38. The Morgan fingerprint density at radius 3 is 2.61 bits per heavy atom. The fourth-order valence-electron chi connectivity index (χ4n) is 1.40. The second-order valence-corrected chi connectivity index (χ2v) is 4.72. The Morgan fingerprint density at radius 1 is 1.44 bits per heavy atom. The first-order valence-electron chi connectivity index (χ1n) is 4.86. The smallest absolute Gasteiger partial charge is 0.405 e. The van der Waals surface area contributed by atoms with E-state index >= 15 is 0 Å². The van der Waals surface area contributed by atoms with E-state index in [0.29, 0.717) is 10.5 Å². The Hall–Kier alpha value is -0.690. The van der Waals surface area contributed by atoms with E-state index in [1.54, 1.807) is 12.3 Å². The van der Waals surface area contributed by atoms with Gasteiger partial charge >= 0.3 is 6.36 Å². The fourth-order valence-corrected chi connectivity index (χ4v) is 2.31. The van der Waals surface area contributed by atoms with Crippen molar-refractivity contribution in [1.29, 1.82) is 0 Å². The Kier molecular flexibility index (Phi) is 5.52. The van der Waals surface area contributed by atoms with Gasteiger partial charge in [-0.2, -0.15) is 0 Å². The van der Waals surface area contributed by atoms with Crippen LogP contribution < -0.4 is 4.74 Å². The third-order valence-electron chi connectivity index (χ3n) is 2.03. The maximum Gasteiger partial charge on any atom is 0.573 e. The summed E-state index contributed by atoms with van der Waals surface area (Å²) < 4.78 is 40.6. The van der Waals surface area contributed by atoms with Gasteiger partial charge in [0.25, 0.3) is 0 Å². The lowest BCUT2D eigenvalue weighted by Crippen LogP contribution is -2.18. The van der Waals surface area contributed by atoms with E-state index in [0.717, 1.165) is 11.8 Å². The van der Waals surface area contributed by atoms with Gasteiger partial charge in [-0.25, -0.2) is 0 Å². The van der Waals surface area contributed by atoms with Gasteiger partial charge in [0.2, 0.25) is 0 Å². The number of hydrogen-bond acceptors (Lipinski definition) is 3. The van der Waals surface area contributed by atoms with Gasteiger partial charge in [0.1, 0.15) is 11.5 Å². The summed E-state index contributed by atoms with van der Waals surface area (Å²) in [6.45, 7) is 0. The molecule has 1 aromatic rings. The summed E-state index contributed by atoms with van der Waals surface area (Å²) in [5.41, 5.74) is 0.536. The van der Waals surface area contributed by atoms with Crippen LogP contribution in [0.25, 0.3) is 0 Å². The number of carbonyl (C=O) groups excluding carboxylic acids is 1. The molecule has 2 nitrogen and oxygen atoms in total. The molecule has 100 valence electrons. The molecule has 0 saturated carbocycles. The number of ketones is 1. The molecule has 1 aromatic carbocycles. The molecule has 0 amide bonds. The molecule has 0 aliphatic carbocycles. The lowest BCUT2D eigenvalue weighted by Gasteiger charge is -2.14. The van der Waals surface area contributed by atoms with Crippen LogP contribution >= 0.6 is 27.7 Å². The molecule has 0 spiro atoms.